The Balaban J connectivity index is 1.37. The van der Waals surface area contributed by atoms with Gasteiger partial charge < -0.3 is 15.5 Å². The summed E-state index contributed by atoms with van der Waals surface area (Å²) in [5.74, 6) is -0.102. The van der Waals surface area contributed by atoms with E-state index in [1.54, 1.807) is 4.90 Å². The first kappa shape index (κ1) is 19.7. The average molecular weight is 399 g/mol. The van der Waals surface area contributed by atoms with Gasteiger partial charge in [0.1, 0.15) is 0 Å². The maximum Gasteiger partial charge on any atom is 0.315 e. The SMILES string of the molecule is O=C(NCC(=O)N1CCc2ccccc21)NC(Cc1ccccc1)c1ccccc1. The van der Waals surface area contributed by atoms with Gasteiger partial charge in [-0.15, -0.1) is 0 Å². The van der Waals surface area contributed by atoms with Crippen molar-refractivity contribution in [2.75, 3.05) is 18.0 Å². The van der Waals surface area contributed by atoms with E-state index in [1.165, 1.54) is 5.56 Å². The van der Waals surface area contributed by atoms with Crippen molar-refractivity contribution in [2.45, 2.75) is 18.9 Å². The van der Waals surface area contributed by atoms with Gasteiger partial charge in [0, 0.05) is 12.2 Å². The lowest BCUT2D eigenvalue weighted by Crippen LogP contribution is -2.44. The molecule has 0 fully saturated rings. The maximum absolute atomic E-state index is 12.6. The molecular weight excluding hydrogens is 374 g/mol. The fraction of sp³-hybridized carbons (Fsp3) is 0.200. The molecule has 5 heteroatoms. The number of nitrogens with one attached hydrogen (secondary N) is 2. The summed E-state index contributed by atoms with van der Waals surface area (Å²) >= 11 is 0. The quantitative estimate of drug-likeness (QED) is 0.661. The highest BCUT2D eigenvalue weighted by molar-refractivity contribution is 5.98. The van der Waals surface area contributed by atoms with E-state index in [0.29, 0.717) is 13.0 Å². The van der Waals surface area contributed by atoms with Gasteiger partial charge in [-0.3, -0.25) is 4.79 Å². The maximum atomic E-state index is 12.6. The van der Waals surface area contributed by atoms with E-state index in [4.69, 9.17) is 0 Å². The molecule has 3 aromatic rings. The Bertz CT molecular complexity index is 1010. The van der Waals surface area contributed by atoms with Crippen LogP contribution in [0.4, 0.5) is 10.5 Å². The van der Waals surface area contributed by atoms with Crippen molar-refractivity contribution in [3.63, 3.8) is 0 Å². The molecule has 2 N–H and O–H groups in total. The molecule has 0 spiro atoms. The van der Waals surface area contributed by atoms with Crippen molar-refractivity contribution in [1.29, 1.82) is 0 Å². The Kier molecular flexibility index (Phi) is 6.09. The van der Waals surface area contributed by atoms with E-state index in [-0.39, 0.29) is 24.5 Å². The number of benzene rings is 3. The molecule has 152 valence electrons. The summed E-state index contributed by atoms with van der Waals surface area (Å²) in [6.07, 6.45) is 1.52. The normalized spacial score (nSPS) is 13.4. The molecule has 3 aromatic carbocycles. The summed E-state index contributed by atoms with van der Waals surface area (Å²) in [5, 5.41) is 5.76. The molecule has 0 bridgehead atoms. The third-order valence-electron chi connectivity index (χ3n) is 5.38. The van der Waals surface area contributed by atoms with E-state index >= 15 is 0 Å². The Morgan fingerprint density at radius 3 is 2.30 bits per heavy atom. The standard InChI is InChI=1S/C25H25N3O2/c29-24(28-16-15-21-13-7-8-14-23(21)28)18-26-25(30)27-22(20-11-5-2-6-12-20)17-19-9-3-1-4-10-19/h1-14,22H,15-18H2,(H2,26,27,30). The van der Waals surface area contributed by atoms with Crippen LogP contribution in [0.2, 0.25) is 0 Å². The van der Waals surface area contributed by atoms with Crippen molar-refractivity contribution in [3.8, 4) is 0 Å². The van der Waals surface area contributed by atoms with Crippen LogP contribution >= 0.6 is 0 Å². The number of rotatable bonds is 6. The minimum atomic E-state index is -0.347. The van der Waals surface area contributed by atoms with Crippen LogP contribution in [0.15, 0.2) is 84.9 Å². The lowest BCUT2D eigenvalue weighted by atomic mass is 9.99. The molecule has 5 nitrogen and oxygen atoms in total. The van der Waals surface area contributed by atoms with Crippen molar-refractivity contribution in [1.82, 2.24) is 10.6 Å². The molecule has 0 radical (unpaired) electrons. The number of urea groups is 1. The van der Waals surface area contributed by atoms with Crippen LogP contribution in [0.25, 0.3) is 0 Å². The molecule has 4 rings (SSSR count). The summed E-state index contributed by atoms with van der Waals surface area (Å²) < 4.78 is 0. The molecule has 1 unspecified atom stereocenters. The minimum absolute atomic E-state index is 0.0347. The van der Waals surface area contributed by atoms with Gasteiger partial charge in [-0.05, 0) is 35.6 Å². The van der Waals surface area contributed by atoms with Gasteiger partial charge in [-0.25, -0.2) is 4.79 Å². The van der Waals surface area contributed by atoms with E-state index in [9.17, 15) is 9.59 Å². The zero-order valence-corrected chi connectivity index (χ0v) is 16.8. The average Bonchev–Trinajstić information content (AvgIpc) is 3.23. The van der Waals surface area contributed by atoms with Crippen LogP contribution in [0, 0.1) is 0 Å². The molecule has 1 aliphatic rings. The number of carbonyl (C=O) groups excluding carboxylic acids is 2. The molecule has 1 heterocycles. The zero-order chi connectivity index (χ0) is 20.8. The van der Waals surface area contributed by atoms with Crippen molar-refractivity contribution in [3.05, 3.63) is 102 Å². The van der Waals surface area contributed by atoms with Crippen LogP contribution in [-0.2, 0) is 17.6 Å². The topological polar surface area (TPSA) is 61.4 Å². The van der Waals surface area contributed by atoms with E-state index in [2.05, 4.69) is 10.6 Å². The fourth-order valence-corrected chi connectivity index (χ4v) is 3.85. The lowest BCUT2D eigenvalue weighted by Gasteiger charge is -2.21. The number of nitrogens with zero attached hydrogens (tertiary/aromatic N) is 1. The van der Waals surface area contributed by atoms with Gasteiger partial charge in [0.2, 0.25) is 5.91 Å². The zero-order valence-electron chi connectivity index (χ0n) is 16.8. The molecule has 3 amide bonds. The highest BCUT2D eigenvalue weighted by atomic mass is 16.2. The number of hydrogen-bond acceptors (Lipinski definition) is 2. The van der Waals surface area contributed by atoms with Crippen molar-refractivity contribution in [2.24, 2.45) is 0 Å². The Hall–Kier alpha value is -3.60. The number of anilines is 1. The number of amides is 3. The van der Waals surface area contributed by atoms with Crippen LogP contribution in [0.5, 0.6) is 0 Å². The second-order valence-corrected chi connectivity index (χ2v) is 7.40. The summed E-state index contributed by atoms with van der Waals surface area (Å²) in [5.41, 5.74) is 4.27. The van der Waals surface area contributed by atoms with E-state index in [1.807, 2.05) is 84.9 Å². The largest absolute Gasteiger partial charge is 0.331 e. The first-order valence-electron chi connectivity index (χ1n) is 10.2. The summed E-state index contributed by atoms with van der Waals surface area (Å²) in [6, 6.07) is 27.3. The Morgan fingerprint density at radius 2 is 1.53 bits per heavy atom. The number of para-hydroxylation sites is 1. The van der Waals surface area contributed by atoms with Gasteiger partial charge in [0.25, 0.3) is 0 Å². The predicted octanol–water partition coefficient (Wildman–Crippen LogP) is 3.86. The molecule has 0 saturated carbocycles. The molecule has 0 saturated heterocycles. The smallest absolute Gasteiger partial charge is 0.315 e. The lowest BCUT2D eigenvalue weighted by molar-refractivity contribution is -0.117. The highest BCUT2D eigenvalue weighted by Gasteiger charge is 2.24. The molecule has 1 aliphatic heterocycles. The molecule has 30 heavy (non-hydrogen) atoms. The van der Waals surface area contributed by atoms with Crippen LogP contribution in [0.1, 0.15) is 22.7 Å². The van der Waals surface area contributed by atoms with Crippen LogP contribution in [-0.4, -0.2) is 25.0 Å². The second-order valence-electron chi connectivity index (χ2n) is 7.40. The van der Waals surface area contributed by atoms with Crippen molar-refractivity contribution < 1.29 is 9.59 Å². The third kappa shape index (κ3) is 4.69. The highest BCUT2D eigenvalue weighted by Crippen LogP contribution is 2.27. The van der Waals surface area contributed by atoms with Gasteiger partial charge in [-0.1, -0.05) is 78.9 Å². The first-order chi connectivity index (χ1) is 14.7. The summed E-state index contributed by atoms with van der Waals surface area (Å²) in [6.45, 7) is 0.620. The van der Waals surface area contributed by atoms with Gasteiger partial charge in [-0.2, -0.15) is 0 Å². The second kappa shape index (κ2) is 9.27. The van der Waals surface area contributed by atoms with E-state index < -0.39 is 0 Å². The third-order valence-corrected chi connectivity index (χ3v) is 5.38. The summed E-state index contributed by atoms with van der Waals surface area (Å²) in [4.78, 5) is 27.0. The van der Waals surface area contributed by atoms with Gasteiger partial charge in [0.05, 0.1) is 12.6 Å². The first-order valence-corrected chi connectivity index (χ1v) is 10.2. The fourth-order valence-electron chi connectivity index (χ4n) is 3.85. The molecular formula is C25H25N3O2. The van der Waals surface area contributed by atoms with Gasteiger partial charge >= 0.3 is 6.03 Å². The molecule has 0 aliphatic carbocycles. The predicted molar refractivity (Wildman–Crippen MR) is 118 cm³/mol. The summed E-state index contributed by atoms with van der Waals surface area (Å²) in [7, 11) is 0. The number of carbonyl (C=O) groups is 2. The molecule has 0 aromatic heterocycles. The van der Waals surface area contributed by atoms with Crippen molar-refractivity contribution >= 4 is 17.6 Å². The van der Waals surface area contributed by atoms with E-state index in [0.717, 1.165) is 23.2 Å². The number of fused-ring (bicyclic) bond motifs is 1. The molecule has 1 atom stereocenters. The monoisotopic (exact) mass is 399 g/mol. The Labute approximate surface area is 176 Å². The van der Waals surface area contributed by atoms with Crippen LogP contribution in [0.3, 0.4) is 0 Å². The Morgan fingerprint density at radius 1 is 0.867 bits per heavy atom. The van der Waals surface area contributed by atoms with Gasteiger partial charge in [0.15, 0.2) is 0 Å². The number of hydrogen-bond donors (Lipinski definition) is 2. The minimum Gasteiger partial charge on any atom is -0.331 e. The van der Waals surface area contributed by atoms with Crippen LogP contribution < -0.4 is 15.5 Å².